The van der Waals surface area contributed by atoms with Crippen molar-refractivity contribution in [2.24, 2.45) is 13.0 Å². The molecule has 108 valence electrons. The zero-order valence-corrected chi connectivity index (χ0v) is 12.1. The maximum atomic E-state index is 12.7. The van der Waals surface area contributed by atoms with E-state index in [1.807, 2.05) is 18.9 Å². The van der Waals surface area contributed by atoms with Gasteiger partial charge in [0, 0.05) is 38.2 Å². The predicted molar refractivity (Wildman–Crippen MR) is 74.4 cm³/mol. The first-order chi connectivity index (χ1) is 9.58. The Morgan fingerprint density at radius 3 is 2.75 bits per heavy atom. The van der Waals surface area contributed by atoms with Gasteiger partial charge in [0.05, 0.1) is 11.3 Å². The number of likely N-dealkylation sites (tertiary alicyclic amines) is 1. The number of hydrogen-bond acceptors (Lipinski definition) is 3. The van der Waals surface area contributed by atoms with E-state index in [9.17, 15) is 9.59 Å². The summed E-state index contributed by atoms with van der Waals surface area (Å²) in [4.78, 5) is 26.6. The molecule has 1 aliphatic carbocycles. The highest BCUT2D eigenvalue weighted by Gasteiger charge is 2.40. The summed E-state index contributed by atoms with van der Waals surface area (Å²) >= 11 is 0. The smallest absolute Gasteiger partial charge is 0.257 e. The molecule has 1 saturated carbocycles. The molecule has 2 aliphatic rings. The third-order valence-corrected chi connectivity index (χ3v) is 4.62. The molecule has 2 atom stereocenters. The number of ketones is 1. The molecule has 1 aromatic rings. The van der Waals surface area contributed by atoms with Crippen LogP contribution < -0.4 is 0 Å². The Kier molecular flexibility index (Phi) is 3.36. The van der Waals surface area contributed by atoms with Crippen LogP contribution in [0.3, 0.4) is 0 Å². The third kappa shape index (κ3) is 2.15. The Hall–Kier alpha value is -1.65. The number of amides is 1. The zero-order valence-electron chi connectivity index (χ0n) is 12.1. The molecular formula is C15H21N3O2. The highest BCUT2D eigenvalue weighted by atomic mass is 16.2. The fourth-order valence-corrected chi connectivity index (χ4v) is 3.68. The quantitative estimate of drug-likeness (QED) is 0.825. The largest absolute Gasteiger partial charge is 0.335 e. The summed E-state index contributed by atoms with van der Waals surface area (Å²) < 4.78 is 1.67. The van der Waals surface area contributed by atoms with E-state index in [0.717, 1.165) is 37.9 Å². The molecule has 1 aliphatic heterocycles. The molecule has 0 N–H and O–H groups in total. The lowest BCUT2D eigenvalue weighted by Crippen LogP contribution is -2.41. The number of aryl methyl sites for hydroxylation is 2. The van der Waals surface area contributed by atoms with Crippen LogP contribution in [0.4, 0.5) is 0 Å². The van der Waals surface area contributed by atoms with Gasteiger partial charge in [-0.3, -0.25) is 14.3 Å². The Bertz CT molecular complexity index is 549. The van der Waals surface area contributed by atoms with Crippen molar-refractivity contribution in [3.63, 3.8) is 0 Å². The molecule has 2 unspecified atom stereocenters. The normalized spacial score (nSPS) is 26.5. The molecule has 1 amide bonds. The Balaban J connectivity index is 1.83. The molecule has 0 bridgehead atoms. The average Bonchev–Trinajstić information content (AvgIpc) is 3.08. The van der Waals surface area contributed by atoms with Crippen LogP contribution in [0.1, 0.15) is 48.2 Å². The molecule has 1 aromatic heterocycles. The van der Waals surface area contributed by atoms with Crippen molar-refractivity contribution in [2.75, 3.05) is 6.54 Å². The maximum Gasteiger partial charge on any atom is 0.257 e. The van der Waals surface area contributed by atoms with Gasteiger partial charge in [-0.25, -0.2) is 0 Å². The fraction of sp³-hybridized carbons (Fsp3) is 0.667. The first-order valence-electron chi connectivity index (χ1n) is 7.42. The van der Waals surface area contributed by atoms with Crippen LogP contribution in [0.15, 0.2) is 6.20 Å². The van der Waals surface area contributed by atoms with Crippen LogP contribution >= 0.6 is 0 Å². The summed E-state index contributed by atoms with van der Waals surface area (Å²) in [5.74, 6) is 0.453. The van der Waals surface area contributed by atoms with Gasteiger partial charge >= 0.3 is 0 Å². The number of nitrogens with zero attached hydrogens (tertiary/aromatic N) is 3. The molecule has 2 fully saturated rings. The Morgan fingerprint density at radius 1 is 1.35 bits per heavy atom. The summed E-state index contributed by atoms with van der Waals surface area (Å²) in [7, 11) is 1.83. The van der Waals surface area contributed by atoms with Gasteiger partial charge in [0.2, 0.25) is 0 Å². The van der Waals surface area contributed by atoms with E-state index in [1.165, 1.54) is 0 Å². The number of hydrogen-bond donors (Lipinski definition) is 0. The second-order valence-electron chi connectivity index (χ2n) is 5.98. The lowest BCUT2D eigenvalue weighted by molar-refractivity contribution is -0.121. The van der Waals surface area contributed by atoms with Gasteiger partial charge in [-0.05, 0) is 32.6 Å². The number of Topliss-reactive ketones (excluding diaryl/α,β-unsaturated/α-hetero) is 1. The molecule has 1 saturated heterocycles. The van der Waals surface area contributed by atoms with E-state index >= 15 is 0 Å². The van der Waals surface area contributed by atoms with Crippen molar-refractivity contribution < 1.29 is 9.59 Å². The standard InChI is InChI=1S/C15H21N3O2/c1-10-12(9-17(2)16-10)15(20)18-8-4-6-13(18)11-5-3-7-14(11)19/h9,11,13H,3-8H2,1-2H3. The highest BCUT2D eigenvalue weighted by Crippen LogP contribution is 2.34. The third-order valence-electron chi connectivity index (χ3n) is 4.62. The number of carbonyl (C=O) groups is 2. The van der Waals surface area contributed by atoms with Crippen molar-refractivity contribution in [3.8, 4) is 0 Å². The number of rotatable bonds is 2. The van der Waals surface area contributed by atoms with E-state index in [-0.39, 0.29) is 17.9 Å². The van der Waals surface area contributed by atoms with E-state index in [0.29, 0.717) is 17.8 Å². The summed E-state index contributed by atoms with van der Waals surface area (Å²) in [5.41, 5.74) is 1.44. The fourth-order valence-electron chi connectivity index (χ4n) is 3.68. The van der Waals surface area contributed by atoms with Crippen LogP contribution in [0, 0.1) is 12.8 Å². The van der Waals surface area contributed by atoms with Crippen LogP contribution in [-0.2, 0) is 11.8 Å². The summed E-state index contributed by atoms with van der Waals surface area (Å²) in [6.45, 7) is 2.63. The molecule has 0 spiro atoms. The predicted octanol–water partition coefficient (Wildman–Crippen LogP) is 1.70. The first kappa shape index (κ1) is 13.3. The minimum absolute atomic E-state index is 0.0396. The van der Waals surface area contributed by atoms with E-state index in [2.05, 4.69) is 5.10 Å². The number of carbonyl (C=O) groups excluding carboxylic acids is 2. The summed E-state index contributed by atoms with van der Waals surface area (Å²) in [6, 6.07) is 0.108. The topological polar surface area (TPSA) is 55.2 Å². The van der Waals surface area contributed by atoms with Crippen molar-refractivity contribution in [1.82, 2.24) is 14.7 Å². The van der Waals surface area contributed by atoms with E-state index in [1.54, 1.807) is 10.9 Å². The molecule has 2 heterocycles. The minimum Gasteiger partial charge on any atom is -0.335 e. The van der Waals surface area contributed by atoms with Crippen molar-refractivity contribution in [2.45, 2.75) is 45.1 Å². The zero-order chi connectivity index (χ0) is 14.3. The van der Waals surface area contributed by atoms with Gasteiger partial charge < -0.3 is 4.90 Å². The van der Waals surface area contributed by atoms with Gasteiger partial charge in [-0.2, -0.15) is 5.10 Å². The molecular weight excluding hydrogens is 254 g/mol. The second-order valence-corrected chi connectivity index (χ2v) is 5.98. The highest BCUT2D eigenvalue weighted by molar-refractivity contribution is 5.96. The van der Waals surface area contributed by atoms with E-state index < -0.39 is 0 Å². The van der Waals surface area contributed by atoms with Gasteiger partial charge in [0.25, 0.3) is 5.91 Å². The molecule has 20 heavy (non-hydrogen) atoms. The number of aromatic nitrogens is 2. The van der Waals surface area contributed by atoms with Gasteiger partial charge in [0.15, 0.2) is 0 Å². The monoisotopic (exact) mass is 275 g/mol. The van der Waals surface area contributed by atoms with Crippen LogP contribution in [-0.4, -0.2) is 39.0 Å². The molecule has 0 radical (unpaired) electrons. The average molecular weight is 275 g/mol. The second kappa shape index (κ2) is 5.04. The van der Waals surface area contributed by atoms with Gasteiger partial charge in [0.1, 0.15) is 5.78 Å². The lowest BCUT2D eigenvalue weighted by atomic mass is 9.95. The first-order valence-corrected chi connectivity index (χ1v) is 7.42. The van der Waals surface area contributed by atoms with E-state index in [4.69, 9.17) is 0 Å². The van der Waals surface area contributed by atoms with Crippen LogP contribution in [0.5, 0.6) is 0 Å². The molecule has 3 rings (SSSR count). The van der Waals surface area contributed by atoms with Gasteiger partial charge in [-0.1, -0.05) is 0 Å². The van der Waals surface area contributed by atoms with Crippen molar-refractivity contribution >= 4 is 11.7 Å². The minimum atomic E-state index is 0.0396. The van der Waals surface area contributed by atoms with Crippen molar-refractivity contribution in [1.29, 1.82) is 0 Å². The van der Waals surface area contributed by atoms with Crippen LogP contribution in [0.25, 0.3) is 0 Å². The van der Waals surface area contributed by atoms with Crippen molar-refractivity contribution in [3.05, 3.63) is 17.5 Å². The van der Waals surface area contributed by atoms with Crippen LogP contribution in [0.2, 0.25) is 0 Å². The molecule has 5 heteroatoms. The molecule has 0 aromatic carbocycles. The SMILES string of the molecule is Cc1nn(C)cc1C(=O)N1CCCC1C1CCCC1=O. The Labute approximate surface area is 118 Å². The summed E-state index contributed by atoms with van der Waals surface area (Å²) in [5, 5.41) is 4.24. The maximum absolute atomic E-state index is 12.7. The Morgan fingerprint density at radius 2 is 2.15 bits per heavy atom. The van der Waals surface area contributed by atoms with Gasteiger partial charge in [-0.15, -0.1) is 0 Å². The molecule has 5 nitrogen and oxygen atoms in total. The lowest BCUT2D eigenvalue weighted by Gasteiger charge is -2.28. The summed E-state index contributed by atoms with van der Waals surface area (Å²) in [6.07, 6.45) is 6.35.